The number of rotatable bonds is 6. The normalized spacial score (nSPS) is 12.6. The molecule has 1 aromatic heterocycles. The van der Waals surface area contributed by atoms with Gasteiger partial charge in [-0.3, -0.25) is 4.68 Å². The molecule has 0 aliphatic heterocycles. The molecule has 5 heteroatoms. The first-order chi connectivity index (χ1) is 9.15. The Morgan fingerprint density at radius 1 is 1.42 bits per heavy atom. The summed E-state index contributed by atoms with van der Waals surface area (Å²) in [5.74, 6) is 0.717. The van der Waals surface area contributed by atoms with Crippen molar-refractivity contribution in [2.75, 3.05) is 5.75 Å². The molecule has 1 unspecified atom stereocenters. The van der Waals surface area contributed by atoms with Crippen LogP contribution in [0, 0.1) is 0 Å². The van der Waals surface area contributed by atoms with E-state index in [0.717, 1.165) is 23.0 Å². The minimum absolute atomic E-state index is 0.293. The molecule has 1 aromatic carbocycles. The summed E-state index contributed by atoms with van der Waals surface area (Å²) in [4.78, 5) is 1.17. The number of benzene rings is 1. The average molecular weight is 341 g/mol. The fourth-order valence-electron chi connectivity index (χ4n) is 1.79. The van der Waals surface area contributed by atoms with E-state index in [1.54, 1.807) is 18.0 Å². The molecule has 19 heavy (non-hydrogen) atoms. The summed E-state index contributed by atoms with van der Waals surface area (Å²) in [5, 5.41) is 14.1. The third-order valence-corrected chi connectivity index (χ3v) is 4.53. The maximum atomic E-state index is 10.0. The van der Waals surface area contributed by atoms with E-state index in [-0.39, 0.29) is 6.10 Å². The first-order valence-corrected chi connectivity index (χ1v) is 7.96. The van der Waals surface area contributed by atoms with Crippen LogP contribution in [0.5, 0.6) is 0 Å². The van der Waals surface area contributed by atoms with Crippen LogP contribution >= 0.6 is 27.7 Å². The SMILES string of the molecule is Cn1nccc1CCC(O)CSc1cccc(Br)c1. The van der Waals surface area contributed by atoms with Gasteiger partial charge in [-0.05, 0) is 37.1 Å². The van der Waals surface area contributed by atoms with Crippen molar-refractivity contribution in [3.8, 4) is 0 Å². The van der Waals surface area contributed by atoms with Crippen LogP contribution in [0.4, 0.5) is 0 Å². The van der Waals surface area contributed by atoms with Gasteiger partial charge in [0.15, 0.2) is 0 Å². The lowest BCUT2D eigenvalue weighted by atomic mass is 10.2. The van der Waals surface area contributed by atoms with Crippen LogP contribution in [0.3, 0.4) is 0 Å². The number of aliphatic hydroxyl groups is 1. The Morgan fingerprint density at radius 2 is 2.26 bits per heavy atom. The van der Waals surface area contributed by atoms with E-state index in [0.29, 0.717) is 5.75 Å². The lowest BCUT2D eigenvalue weighted by molar-refractivity contribution is 0.188. The molecule has 1 atom stereocenters. The zero-order valence-electron chi connectivity index (χ0n) is 10.8. The van der Waals surface area contributed by atoms with Crippen molar-refractivity contribution in [1.82, 2.24) is 9.78 Å². The third-order valence-electron chi connectivity index (χ3n) is 2.89. The minimum Gasteiger partial charge on any atom is -0.392 e. The number of aromatic nitrogens is 2. The molecule has 0 amide bonds. The van der Waals surface area contributed by atoms with Gasteiger partial charge in [0, 0.05) is 34.1 Å². The Kier molecular flexibility index (Phi) is 5.48. The summed E-state index contributed by atoms with van der Waals surface area (Å²) < 4.78 is 2.93. The second kappa shape index (κ2) is 7.12. The van der Waals surface area contributed by atoms with Crippen LogP contribution in [0.2, 0.25) is 0 Å². The fourth-order valence-corrected chi connectivity index (χ4v) is 3.28. The summed E-state index contributed by atoms with van der Waals surface area (Å²) in [6.07, 6.45) is 3.12. The van der Waals surface area contributed by atoms with Crippen molar-refractivity contribution in [2.45, 2.75) is 23.8 Å². The van der Waals surface area contributed by atoms with Gasteiger partial charge in [-0.2, -0.15) is 5.10 Å². The zero-order chi connectivity index (χ0) is 13.7. The van der Waals surface area contributed by atoms with E-state index in [9.17, 15) is 5.11 Å². The second-order valence-electron chi connectivity index (χ2n) is 4.41. The van der Waals surface area contributed by atoms with Gasteiger partial charge in [-0.1, -0.05) is 22.0 Å². The second-order valence-corrected chi connectivity index (χ2v) is 6.42. The highest BCUT2D eigenvalue weighted by Gasteiger charge is 2.07. The summed E-state index contributed by atoms with van der Waals surface area (Å²) in [6, 6.07) is 10.1. The summed E-state index contributed by atoms with van der Waals surface area (Å²) in [7, 11) is 1.93. The average Bonchev–Trinajstić information content (AvgIpc) is 2.80. The van der Waals surface area contributed by atoms with Crippen molar-refractivity contribution in [1.29, 1.82) is 0 Å². The Hall–Kier alpha value is -0.780. The molecule has 0 saturated carbocycles. The number of nitrogens with zero attached hydrogens (tertiary/aromatic N) is 2. The van der Waals surface area contributed by atoms with Crippen LogP contribution in [0.15, 0.2) is 45.9 Å². The van der Waals surface area contributed by atoms with Crippen LogP contribution in [-0.4, -0.2) is 26.7 Å². The van der Waals surface area contributed by atoms with Crippen molar-refractivity contribution >= 4 is 27.7 Å². The molecule has 3 nitrogen and oxygen atoms in total. The molecule has 1 heterocycles. The van der Waals surface area contributed by atoms with Crippen LogP contribution < -0.4 is 0 Å². The Morgan fingerprint density at radius 3 is 2.95 bits per heavy atom. The van der Waals surface area contributed by atoms with Gasteiger partial charge in [-0.25, -0.2) is 0 Å². The van der Waals surface area contributed by atoms with E-state index in [1.807, 2.05) is 29.9 Å². The van der Waals surface area contributed by atoms with Gasteiger partial charge in [0.1, 0.15) is 0 Å². The van der Waals surface area contributed by atoms with E-state index in [2.05, 4.69) is 33.2 Å². The number of hydrogen-bond acceptors (Lipinski definition) is 3. The molecule has 0 aliphatic carbocycles. The molecule has 2 rings (SSSR count). The first-order valence-electron chi connectivity index (χ1n) is 6.18. The molecule has 1 N–H and O–H groups in total. The summed E-state index contributed by atoms with van der Waals surface area (Å²) in [6.45, 7) is 0. The van der Waals surface area contributed by atoms with Crippen molar-refractivity contribution in [2.24, 2.45) is 7.05 Å². The highest BCUT2D eigenvalue weighted by molar-refractivity contribution is 9.10. The number of hydrogen-bond donors (Lipinski definition) is 1. The van der Waals surface area contributed by atoms with Gasteiger partial charge in [0.05, 0.1) is 6.10 Å². The predicted molar refractivity (Wildman–Crippen MR) is 82.4 cm³/mol. The Bertz CT molecular complexity index is 530. The van der Waals surface area contributed by atoms with E-state index in [4.69, 9.17) is 0 Å². The lowest BCUT2D eigenvalue weighted by Crippen LogP contribution is -2.12. The fraction of sp³-hybridized carbons (Fsp3) is 0.357. The molecular weight excluding hydrogens is 324 g/mol. The first kappa shape index (κ1) is 14.6. The van der Waals surface area contributed by atoms with E-state index < -0.39 is 0 Å². The standard InChI is InChI=1S/C14H17BrN2OS/c1-17-12(7-8-16-17)5-6-13(18)10-19-14-4-2-3-11(15)9-14/h2-4,7-9,13,18H,5-6,10H2,1H3. The monoisotopic (exact) mass is 340 g/mol. The topological polar surface area (TPSA) is 38.0 Å². The minimum atomic E-state index is -0.293. The van der Waals surface area contributed by atoms with Gasteiger partial charge >= 0.3 is 0 Å². The van der Waals surface area contributed by atoms with Crippen molar-refractivity contribution in [3.63, 3.8) is 0 Å². The number of thioether (sulfide) groups is 1. The van der Waals surface area contributed by atoms with Gasteiger partial charge in [-0.15, -0.1) is 11.8 Å². The molecule has 0 radical (unpaired) electrons. The van der Waals surface area contributed by atoms with Crippen molar-refractivity contribution < 1.29 is 5.11 Å². The maximum Gasteiger partial charge on any atom is 0.0637 e. The highest BCUT2D eigenvalue weighted by Crippen LogP contribution is 2.23. The quantitative estimate of drug-likeness (QED) is 0.820. The molecule has 0 spiro atoms. The summed E-state index contributed by atoms with van der Waals surface area (Å²) in [5.41, 5.74) is 1.16. The lowest BCUT2D eigenvalue weighted by Gasteiger charge is -2.10. The Balaban J connectivity index is 1.76. The molecule has 0 fully saturated rings. The van der Waals surface area contributed by atoms with Gasteiger partial charge < -0.3 is 5.11 Å². The summed E-state index contributed by atoms with van der Waals surface area (Å²) >= 11 is 5.13. The molecule has 0 saturated heterocycles. The number of halogens is 1. The van der Waals surface area contributed by atoms with E-state index >= 15 is 0 Å². The maximum absolute atomic E-state index is 10.0. The van der Waals surface area contributed by atoms with Crippen LogP contribution in [0.1, 0.15) is 12.1 Å². The Labute approximate surface area is 126 Å². The number of aliphatic hydroxyl groups excluding tert-OH is 1. The predicted octanol–water partition coefficient (Wildman–Crippen LogP) is 3.27. The van der Waals surface area contributed by atoms with Crippen LogP contribution in [0.25, 0.3) is 0 Å². The highest BCUT2D eigenvalue weighted by atomic mass is 79.9. The molecule has 2 aromatic rings. The molecule has 102 valence electrons. The van der Waals surface area contributed by atoms with Crippen molar-refractivity contribution in [3.05, 3.63) is 46.7 Å². The van der Waals surface area contributed by atoms with E-state index in [1.165, 1.54) is 4.90 Å². The van der Waals surface area contributed by atoms with Gasteiger partial charge in [0.2, 0.25) is 0 Å². The number of aryl methyl sites for hydroxylation is 2. The third kappa shape index (κ3) is 4.67. The molecular formula is C14H17BrN2OS. The smallest absolute Gasteiger partial charge is 0.0637 e. The molecule has 0 aliphatic rings. The largest absolute Gasteiger partial charge is 0.392 e. The van der Waals surface area contributed by atoms with Gasteiger partial charge in [0.25, 0.3) is 0 Å². The molecule has 0 bridgehead atoms. The zero-order valence-corrected chi connectivity index (χ0v) is 13.2. The van der Waals surface area contributed by atoms with Crippen LogP contribution in [-0.2, 0) is 13.5 Å².